The van der Waals surface area contributed by atoms with Crippen molar-refractivity contribution in [3.05, 3.63) is 12.2 Å². The summed E-state index contributed by atoms with van der Waals surface area (Å²) >= 11 is 0. The molecule has 0 aliphatic carbocycles. The van der Waals surface area contributed by atoms with Crippen molar-refractivity contribution in [1.82, 2.24) is 15.6 Å². The highest BCUT2D eigenvalue weighted by molar-refractivity contribution is 6.13. The number of nitrogens with one attached hydrogen (secondary N) is 2. The van der Waals surface area contributed by atoms with Gasteiger partial charge in [0, 0.05) is 31.7 Å². The molecule has 32 heteroatoms. The van der Waals surface area contributed by atoms with Crippen LogP contribution in [0.5, 0.6) is 0 Å². The number of nitrogens with two attached hydrogens (primary N) is 1. The number of hydrazine groups is 1. The number of nitrogens with zero attached hydrogens (tertiary/aromatic N) is 1. The molecule has 0 radical (unpaired) electrons. The summed E-state index contributed by atoms with van der Waals surface area (Å²) in [6.45, 7) is 22.2. The molecule has 1 rings (SSSR count). The van der Waals surface area contributed by atoms with E-state index < -0.39 is 11.8 Å². The van der Waals surface area contributed by atoms with E-state index in [1.807, 2.05) is 5.43 Å². The Hall–Kier alpha value is -3.18. The van der Waals surface area contributed by atoms with Crippen LogP contribution in [0, 0.1) is 0 Å². The van der Waals surface area contributed by atoms with Gasteiger partial charge in [0.05, 0.1) is 324 Å². The number of rotatable bonds is 78. The van der Waals surface area contributed by atoms with Gasteiger partial charge in [0.1, 0.15) is 0 Å². The summed E-state index contributed by atoms with van der Waals surface area (Å²) in [5.41, 5.74) is 2.04. The van der Waals surface area contributed by atoms with E-state index in [1.165, 1.54) is 12.2 Å². The second-order valence-corrected chi connectivity index (χ2v) is 18.3. The number of ether oxygens (including phenoxy) is 24. The lowest BCUT2D eigenvalue weighted by atomic mass is 10.3. The average Bonchev–Trinajstić information content (AvgIpc) is 4.17. The van der Waals surface area contributed by atoms with E-state index in [0.29, 0.717) is 324 Å². The first-order valence-corrected chi connectivity index (χ1v) is 31.2. The molecule has 0 spiro atoms. The Labute approximate surface area is 531 Å². The standard InChI is InChI=1S/C58H110N4O28/c59-61-56(64)4-7-67-9-11-69-13-15-71-17-19-73-21-23-75-25-27-77-29-31-79-33-35-81-37-39-83-41-43-85-45-47-87-49-51-89-53-54-90-52-50-88-48-46-86-44-42-84-40-38-82-36-34-80-32-30-78-28-26-76-24-22-74-20-18-72-16-14-70-12-10-68-8-5-60-55(63)3-6-62-57(65)1-2-58(62)66/h1-2H,3-54,59H2,(H,60,63)(H,61,64). The van der Waals surface area contributed by atoms with Gasteiger partial charge in [-0.2, -0.15) is 0 Å². The van der Waals surface area contributed by atoms with Crippen molar-refractivity contribution in [3.8, 4) is 0 Å². The van der Waals surface area contributed by atoms with Crippen LogP contribution in [0.1, 0.15) is 12.8 Å². The third-order valence-corrected chi connectivity index (χ3v) is 11.2. The molecular weight excluding hydrogens is 1200 g/mol. The molecule has 90 heavy (non-hydrogen) atoms. The van der Waals surface area contributed by atoms with Crippen molar-refractivity contribution in [2.75, 3.05) is 330 Å². The molecule has 0 aromatic rings. The summed E-state index contributed by atoms with van der Waals surface area (Å²) in [6.07, 6.45) is 2.65. The largest absolute Gasteiger partial charge is 0.379 e. The first-order valence-electron chi connectivity index (χ1n) is 31.2. The molecule has 4 N–H and O–H groups in total. The molecule has 0 saturated carbocycles. The molecule has 0 fully saturated rings. The van der Waals surface area contributed by atoms with Crippen LogP contribution in [-0.2, 0) is 133 Å². The number of carbonyl (C=O) groups is 4. The van der Waals surface area contributed by atoms with E-state index in [0.717, 1.165) is 4.90 Å². The molecule has 0 aromatic carbocycles. The Morgan fingerprint density at radius 2 is 0.422 bits per heavy atom. The van der Waals surface area contributed by atoms with Gasteiger partial charge in [-0.3, -0.25) is 29.5 Å². The minimum absolute atomic E-state index is 0.0437. The Balaban J connectivity index is 1.59. The lowest BCUT2D eigenvalue weighted by Gasteiger charge is -2.13. The average molecular weight is 1310 g/mol. The van der Waals surface area contributed by atoms with Gasteiger partial charge in [-0.15, -0.1) is 0 Å². The van der Waals surface area contributed by atoms with Gasteiger partial charge < -0.3 is 119 Å². The molecule has 1 aliphatic heterocycles. The maximum Gasteiger partial charge on any atom is 0.253 e. The van der Waals surface area contributed by atoms with Crippen LogP contribution >= 0.6 is 0 Å². The maximum absolute atomic E-state index is 11.8. The van der Waals surface area contributed by atoms with E-state index >= 15 is 0 Å². The maximum atomic E-state index is 11.8. The van der Waals surface area contributed by atoms with Crippen LogP contribution in [0.2, 0.25) is 0 Å². The first-order chi connectivity index (χ1) is 44.5. The fourth-order valence-electron chi connectivity index (χ4n) is 6.61. The third-order valence-electron chi connectivity index (χ3n) is 11.2. The van der Waals surface area contributed by atoms with Gasteiger partial charge in [-0.25, -0.2) is 5.84 Å². The Kier molecular flexibility index (Phi) is 69.0. The fourth-order valence-corrected chi connectivity index (χ4v) is 6.61. The second-order valence-electron chi connectivity index (χ2n) is 18.3. The molecule has 32 nitrogen and oxygen atoms in total. The van der Waals surface area contributed by atoms with Gasteiger partial charge in [0.25, 0.3) is 11.8 Å². The summed E-state index contributed by atoms with van der Waals surface area (Å²) < 4.78 is 132. The number of hydrogen-bond donors (Lipinski definition) is 3. The van der Waals surface area contributed by atoms with Crippen molar-refractivity contribution in [1.29, 1.82) is 0 Å². The smallest absolute Gasteiger partial charge is 0.253 e. The third kappa shape index (κ3) is 66.3. The molecule has 0 saturated heterocycles. The number of amides is 4. The van der Waals surface area contributed by atoms with Crippen molar-refractivity contribution < 1.29 is 133 Å². The van der Waals surface area contributed by atoms with Crippen LogP contribution < -0.4 is 16.6 Å². The van der Waals surface area contributed by atoms with Crippen molar-refractivity contribution in [2.45, 2.75) is 12.8 Å². The zero-order valence-corrected chi connectivity index (χ0v) is 53.4. The molecule has 1 heterocycles. The predicted molar refractivity (Wildman–Crippen MR) is 320 cm³/mol. The van der Waals surface area contributed by atoms with E-state index in [4.69, 9.17) is 120 Å². The number of carbonyl (C=O) groups excluding carboxylic acids is 4. The van der Waals surface area contributed by atoms with Crippen LogP contribution in [-0.4, -0.2) is 359 Å². The first kappa shape index (κ1) is 84.8. The lowest BCUT2D eigenvalue weighted by Crippen LogP contribution is -2.35. The van der Waals surface area contributed by atoms with E-state index in [1.54, 1.807) is 0 Å². The predicted octanol–water partition coefficient (Wildman–Crippen LogP) is -1.80. The van der Waals surface area contributed by atoms with Crippen LogP contribution in [0.3, 0.4) is 0 Å². The SMILES string of the molecule is NNC(=O)CCOCCOCCOCCOCCOCCOCCOCCOCCOCCOCCOCCOCCOCCOCCOCCOCCOCCOCCOCCOCCOCCOCCOCCOCCNC(=O)CCN1C(=O)C=CC1=O. The van der Waals surface area contributed by atoms with E-state index in [-0.39, 0.29) is 31.2 Å². The monoisotopic (exact) mass is 1310 g/mol. The molecule has 530 valence electrons. The van der Waals surface area contributed by atoms with Crippen molar-refractivity contribution >= 4 is 23.6 Å². The molecule has 0 bridgehead atoms. The molecule has 0 unspecified atom stereocenters. The molecule has 0 aromatic heterocycles. The Morgan fingerprint density at radius 1 is 0.256 bits per heavy atom. The highest BCUT2D eigenvalue weighted by Gasteiger charge is 2.23. The number of imide groups is 1. The zero-order chi connectivity index (χ0) is 64.5. The molecule has 1 aliphatic rings. The van der Waals surface area contributed by atoms with Gasteiger partial charge in [-0.1, -0.05) is 0 Å². The highest BCUT2D eigenvalue weighted by Crippen LogP contribution is 2.04. The quantitative estimate of drug-likeness (QED) is 0.0199. The molecule has 4 amide bonds. The van der Waals surface area contributed by atoms with Gasteiger partial charge in [0.2, 0.25) is 11.8 Å². The summed E-state index contributed by atoms with van der Waals surface area (Å²) in [4.78, 5) is 46.8. The van der Waals surface area contributed by atoms with E-state index in [9.17, 15) is 19.2 Å². The zero-order valence-electron chi connectivity index (χ0n) is 53.4. The van der Waals surface area contributed by atoms with Gasteiger partial charge in [0.15, 0.2) is 0 Å². The van der Waals surface area contributed by atoms with E-state index in [2.05, 4.69) is 5.32 Å². The molecular formula is C58H110N4O28. The summed E-state index contributed by atoms with van der Waals surface area (Å²) in [5, 5.41) is 2.68. The van der Waals surface area contributed by atoms with Gasteiger partial charge in [-0.05, 0) is 0 Å². The minimum Gasteiger partial charge on any atom is -0.379 e. The van der Waals surface area contributed by atoms with Crippen molar-refractivity contribution in [2.24, 2.45) is 5.84 Å². The normalized spacial score (nSPS) is 12.4. The minimum atomic E-state index is -0.403. The summed E-state index contributed by atoms with van der Waals surface area (Å²) in [5.74, 6) is 3.66. The topological polar surface area (TPSA) is 343 Å². The second kappa shape index (κ2) is 73.2. The summed E-state index contributed by atoms with van der Waals surface area (Å²) in [6, 6.07) is 0. The fraction of sp³-hybridized carbons (Fsp3) is 0.897. The van der Waals surface area contributed by atoms with Crippen molar-refractivity contribution in [3.63, 3.8) is 0 Å². The highest BCUT2D eigenvalue weighted by atomic mass is 16.6. The van der Waals surface area contributed by atoms with Crippen LogP contribution in [0.15, 0.2) is 12.2 Å². The lowest BCUT2D eigenvalue weighted by molar-refractivity contribution is -0.137. The Bertz CT molecular complexity index is 1560. The Morgan fingerprint density at radius 3 is 0.600 bits per heavy atom. The van der Waals surface area contributed by atoms with Crippen LogP contribution in [0.25, 0.3) is 0 Å². The van der Waals surface area contributed by atoms with Crippen LogP contribution in [0.4, 0.5) is 0 Å². The number of hydrogen-bond acceptors (Lipinski definition) is 29. The molecule has 0 atom stereocenters. The van der Waals surface area contributed by atoms with Gasteiger partial charge >= 0.3 is 0 Å². The summed E-state index contributed by atoms with van der Waals surface area (Å²) in [7, 11) is 0.